The smallest absolute Gasteiger partial charge is 0.303 e. The molecule has 3 rings (SSSR count). The summed E-state index contributed by atoms with van der Waals surface area (Å²) in [5.41, 5.74) is 1.99. The van der Waals surface area contributed by atoms with Crippen LogP contribution in [0.1, 0.15) is 41.9 Å². The van der Waals surface area contributed by atoms with E-state index in [1.54, 1.807) is 0 Å². The van der Waals surface area contributed by atoms with E-state index in [1.165, 1.54) is 0 Å². The maximum atomic E-state index is 14.0. The molecule has 5 heteroatoms. The lowest BCUT2D eigenvalue weighted by atomic mass is 9.90. The summed E-state index contributed by atoms with van der Waals surface area (Å²) in [5, 5.41) is 8.76. The molecule has 1 aliphatic heterocycles. The van der Waals surface area contributed by atoms with Gasteiger partial charge in [-0.15, -0.1) is 0 Å². The number of hydrogen-bond donors (Lipinski definition) is 1. The molecule has 0 saturated heterocycles. The lowest BCUT2D eigenvalue weighted by molar-refractivity contribution is -0.137. The number of benzene rings is 1. The Morgan fingerprint density at radius 2 is 2.05 bits per heavy atom. The molecule has 0 aromatic heterocycles. The molecule has 1 atom stereocenters. The molecule has 1 aromatic rings. The molecule has 1 heterocycles. The van der Waals surface area contributed by atoms with Gasteiger partial charge in [-0.2, -0.15) is 4.39 Å². The molecule has 0 unspecified atom stereocenters. The fraction of sp³-hybridized carbons (Fsp3) is 0.500. The molecule has 0 spiro atoms. The molecule has 102 valence electrons. The zero-order valence-corrected chi connectivity index (χ0v) is 10.3. The third-order valence-corrected chi connectivity index (χ3v) is 4.04. The van der Waals surface area contributed by atoms with Crippen LogP contribution in [0.2, 0.25) is 0 Å². The maximum absolute atomic E-state index is 14.0. The molecule has 0 bridgehead atoms. The lowest BCUT2D eigenvalue weighted by Crippen LogP contribution is -2.04. The zero-order chi connectivity index (χ0) is 13.6. The summed E-state index contributed by atoms with van der Waals surface area (Å²) in [6.45, 7) is 0.369. The van der Waals surface area contributed by atoms with E-state index in [0.717, 1.165) is 11.1 Å². The van der Waals surface area contributed by atoms with Crippen LogP contribution in [0.4, 0.5) is 8.78 Å². The van der Waals surface area contributed by atoms with Crippen molar-refractivity contribution in [1.82, 2.24) is 0 Å². The Morgan fingerprint density at radius 1 is 1.26 bits per heavy atom. The summed E-state index contributed by atoms with van der Waals surface area (Å²) in [7, 11) is 0. The SMILES string of the molecule is O=C(O)CC[C@H]1CCc2c(F)c(F)c3c(c21)CCO3. The van der Waals surface area contributed by atoms with Gasteiger partial charge in [0.15, 0.2) is 11.6 Å². The highest BCUT2D eigenvalue weighted by atomic mass is 19.2. The Balaban J connectivity index is 2.03. The predicted molar refractivity (Wildman–Crippen MR) is 63.5 cm³/mol. The quantitative estimate of drug-likeness (QED) is 0.917. The van der Waals surface area contributed by atoms with Gasteiger partial charge in [-0.05, 0) is 36.3 Å². The van der Waals surface area contributed by atoms with Crippen LogP contribution in [0.3, 0.4) is 0 Å². The van der Waals surface area contributed by atoms with Gasteiger partial charge in [-0.3, -0.25) is 4.79 Å². The second kappa shape index (κ2) is 4.47. The third-order valence-electron chi connectivity index (χ3n) is 4.04. The normalized spacial score (nSPS) is 20.0. The van der Waals surface area contributed by atoms with Gasteiger partial charge in [-0.1, -0.05) is 0 Å². The molecule has 19 heavy (non-hydrogen) atoms. The average molecular weight is 268 g/mol. The van der Waals surface area contributed by atoms with E-state index >= 15 is 0 Å². The first kappa shape index (κ1) is 12.4. The molecular weight excluding hydrogens is 254 g/mol. The van der Waals surface area contributed by atoms with Crippen LogP contribution in [0.15, 0.2) is 0 Å². The van der Waals surface area contributed by atoms with Gasteiger partial charge in [0.1, 0.15) is 0 Å². The van der Waals surface area contributed by atoms with Gasteiger partial charge < -0.3 is 9.84 Å². The highest BCUT2D eigenvalue weighted by Gasteiger charge is 2.35. The molecule has 1 aliphatic carbocycles. The van der Waals surface area contributed by atoms with Crippen LogP contribution >= 0.6 is 0 Å². The van der Waals surface area contributed by atoms with Crippen molar-refractivity contribution in [2.45, 2.75) is 38.0 Å². The molecule has 1 N–H and O–H groups in total. The topological polar surface area (TPSA) is 46.5 Å². The Bertz CT molecular complexity index is 554. The second-order valence-electron chi connectivity index (χ2n) is 5.09. The summed E-state index contributed by atoms with van der Waals surface area (Å²) in [6, 6.07) is 0. The summed E-state index contributed by atoms with van der Waals surface area (Å²) in [6.07, 6.45) is 2.28. The second-order valence-corrected chi connectivity index (χ2v) is 5.09. The summed E-state index contributed by atoms with van der Waals surface area (Å²) in [4.78, 5) is 10.7. The van der Waals surface area contributed by atoms with Crippen molar-refractivity contribution in [2.24, 2.45) is 0 Å². The number of rotatable bonds is 3. The van der Waals surface area contributed by atoms with E-state index in [0.29, 0.717) is 37.9 Å². The van der Waals surface area contributed by atoms with E-state index in [2.05, 4.69) is 0 Å². The van der Waals surface area contributed by atoms with Crippen LogP contribution in [0.25, 0.3) is 0 Å². The van der Waals surface area contributed by atoms with Crippen LogP contribution in [-0.4, -0.2) is 17.7 Å². The van der Waals surface area contributed by atoms with E-state index in [9.17, 15) is 13.6 Å². The first-order chi connectivity index (χ1) is 9.09. The standard InChI is InChI=1S/C14H14F2O3/c15-12-8-3-1-7(2-4-10(17)18)11(8)9-5-6-19-14(9)13(12)16/h7H,1-6H2,(H,17,18)/t7-/m1/s1. The fourth-order valence-corrected chi connectivity index (χ4v) is 3.23. The number of aliphatic carboxylic acids is 1. The van der Waals surface area contributed by atoms with E-state index < -0.39 is 17.6 Å². The lowest BCUT2D eigenvalue weighted by Gasteiger charge is -2.15. The van der Waals surface area contributed by atoms with Crippen LogP contribution < -0.4 is 4.74 Å². The van der Waals surface area contributed by atoms with Crippen molar-refractivity contribution in [2.75, 3.05) is 6.61 Å². The number of halogens is 2. The maximum Gasteiger partial charge on any atom is 0.303 e. The van der Waals surface area contributed by atoms with Gasteiger partial charge in [-0.25, -0.2) is 4.39 Å². The Kier molecular flexibility index (Phi) is 2.92. The summed E-state index contributed by atoms with van der Waals surface area (Å²) < 4.78 is 32.9. The summed E-state index contributed by atoms with van der Waals surface area (Å²) >= 11 is 0. The van der Waals surface area contributed by atoms with Gasteiger partial charge >= 0.3 is 5.97 Å². The van der Waals surface area contributed by atoms with Gasteiger partial charge in [0, 0.05) is 18.4 Å². The van der Waals surface area contributed by atoms with Crippen molar-refractivity contribution < 1.29 is 23.4 Å². The molecule has 2 aliphatic rings. The van der Waals surface area contributed by atoms with Gasteiger partial charge in [0.25, 0.3) is 0 Å². The van der Waals surface area contributed by atoms with E-state index in [4.69, 9.17) is 9.84 Å². The highest BCUT2D eigenvalue weighted by molar-refractivity contribution is 5.67. The first-order valence-electron chi connectivity index (χ1n) is 6.46. The highest BCUT2D eigenvalue weighted by Crippen LogP contribution is 2.46. The minimum absolute atomic E-state index is 0.0108. The summed E-state index contributed by atoms with van der Waals surface area (Å²) in [5.74, 6) is -2.50. The average Bonchev–Trinajstić information content (AvgIpc) is 2.99. The Hall–Kier alpha value is -1.65. The number of carbonyl (C=O) groups is 1. The fourth-order valence-electron chi connectivity index (χ4n) is 3.23. The van der Waals surface area contributed by atoms with Crippen molar-refractivity contribution in [3.8, 4) is 5.75 Å². The van der Waals surface area contributed by atoms with E-state index in [1.807, 2.05) is 0 Å². The first-order valence-corrected chi connectivity index (χ1v) is 6.46. The van der Waals surface area contributed by atoms with Crippen molar-refractivity contribution >= 4 is 5.97 Å². The largest absolute Gasteiger partial charge is 0.490 e. The minimum Gasteiger partial charge on any atom is -0.490 e. The van der Waals surface area contributed by atoms with Gasteiger partial charge in [0.05, 0.1) is 6.61 Å². The molecule has 1 aromatic carbocycles. The van der Waals surface area contributed by atoms with Crippen LogP contribution in [-0.2, 0) is 17.6 Å². The number of fused-ring (bicyclic) bond motifs is 3. The van der Waals surface area contributed by atoms with E-state index in [-0.39, 0.29) is 18.1 Å². The Labute approximate surface area is 109 Å². The molecule has 0 amide bonds. The molecule has 0 radical (unpaired) electrons. The molecule has 0 fully saturated rings. The third kappa shape index (κ3) is 1.88. The molecule has 3 nitrogen and oxygen atoms in total. The number of hydrogen-bond acceptors (Lipinski definition) is 2. The van der Waals surface area contributed by atoms with Crippen molar-refractivity contribution in [3.63, 3.8) is 0 Å². The van der Waals surface area contributed by atoms with Gasteiger partial charge in [0.2, 0.25) is 5.82 Å². The zero-order valence-electron chi connectivity index (χ0n) is 10.3. The van der Waals surface area contributed by atoms with Crippen molar-refractivity contribution in [3.05, 3.63) is 28.3 Å². The van der Waals surface area contributed by atoms with Crippen LogP contribution in [0.5, 0.6) is 5.75 Å². The van der Waals surface area contributed by atoms with Crippen LogP contribution in [0, 0.1) is 11.6 Å². The molecular formula is C14H14F2O3. The predicted octanol–water partition coefficient (Wildman–Crippen LogP) is 2.79. The van der Waals surface area contributed by atoms with Crippen molar-refractivity contribution in [1.29, 1.82) is 0 Å². The monoisotopic (exact) mass is 268 g/mol. The number of carboxylic acids is 1. The minimum atomic E-state index is -0.884. The molecule has 0 saturated carbocycles. The number of ether oxygens (including phenoxy) is 1. The number of carboxylic acid groups (broad SMARTS) is 1. The Morgan fingerprint density at radius 3 is 2.79 bits per heavy atom.